The van der Waals surface area contributed by atoms with Crippen LogP contribution in [0.4, 0.5) is 0 Å². The molecule has 0 radical (unpaired) electrons. The first-order valence-electron chi connectivity index (χ1n) is 8.35. The van der Waals surface area contributed by atoms with E-state index in [1.54, 1.807) is 0 Å². The molecule has 3 rings (SSSR count). The summed E-state index contributed by atoms with van der Waals surface area (Å²) in [5, 5.41) is 3.59. The molecule has 1 aromatic rings. The van der Waals surface area contributed by atoms with Crippen LogP contribution in [-0.2, 0) is 4.79 Å². The Hall–Kier alpha value is -1.35. The van der Waals surface area contributed by atoms with Crippen molar-refractivity contribution in [3.8, 4) is 0 Å². The molecule has 1 N–H and O–H groups in total. The number of carbonyl (C=O) groups excluding carboxylic acids is 1. The minimum Gasteiger partial charge on any atom is -0.319 e. The zero-order valence-corrected chi connectivity index (χ0v) is 13.1. The van der Waals surface area contributed by atoms with E-state index in [4.69, 9.17) is 0 Å². The molecule has 2 aliphatic rings. The fraction of sp³-hybridized carbons (Fsp3) is 0.611. The molecule has 1 heterocycles. The number of amides is 1. The standard InChI is InChI=1S/C18H26N2O/c1-3-7-16-18(21)20(15-10-4-5-11-15)17(19-16)14-9-6-8-13(2)12-14/h6,8-9,12,15-17,19H,3-5,7,10-11H2,1-2H3. The molecule has 1 aliphatic heterocycles. The molecule has 3 heteroatoms. The van der Waals surface area contributed by atoms with Crippen molar-refractivity contribution in [2.75, 3.05) is 0 Å². The second kappa shape index (κ2) is 6.18. The summed E-state index contributed by atoms with van der Waals surface area (Å²) in [6.45, 7) is 4.26. The molecule has 2 fully saturated rings. The van der Waals surface area contributed by atoms with Gasteiger partial charge in [-0.3, -0.25) is 10.1 Å². The summed E-state index contributed by atoms with van der Waals surface area (Å²) >= 11 is 0. The Morgan fingerprint density at radius 1 is 1.29 bits per heavy atom. The van der Waals surface area contributed by atoms with Gasteiger partial charge in [-0.05, 0) is 31.7 Å². The Bertz CT molecular complexity index is 508. The SMILES string of the molecule is CCCC1NC(c2cccc(C)c2)N(C2CCCC2)C1=O. The smallest absolute Gasteiger partial charge is 0.241 e. The highest BCUT2D eigenvalue weighted by Crippen LogP contribution is 2.35. The average molecular weight is 286 g/mol. The Labute approximate surface area is 127 Å². The van der Waals surface area contributed by atoms with E-state index in [2.05, 4.69) is 48.3 Å². The lowest BCUT2D eigenvalue weighted by Gasteiger charge is -2.30. The first-order chi connectivity index (χ1) is 10.2. The van der Waals surface area contributed by atoms with Crippen molar-refractivity contribution in [1.29, 1.82) is 0 Å². The number of aryl methyl sites for hydroxylation is 1. The second-order valence-corrected chi connectivity index (χ2v) is 6.51. The normalized spacial score (nSPS) is 26.8. The van der Waals surface area contributed by atoms with Crippen molar-refractivity contribution in [3.05, 3.63) is 35.4 Å². The number of carbonyl (C=O) groups is 1. The lowest BCUT2D eigenvalue weighted by molar-refractivity contribution is -0.132. The first kappa shape index (κ1) is 14.6. The third kappa shape index (κ3) is 2.84. The zero-order valence-electron chi connectivity index (χ0n) is 13.1. The minimum absolute atomic E-state index is 0.00103. The summed E-state index contributed by atoms with van der Waals surface area (Å²) in [4.78, 5) is 15.0. The molecular formula is C18H26N2O. The lowest BCUT2D eigenvalue weighted by atomic mass is 10.1. The second-order valence-electron chi connectivity index (χ2n) is 6.51. The van der Waals surface area contributed by atoms with Gasteiger partial charge in [0.1, 0.15) is 6.17 Å². The van der Waals surface area contributed by atoms with E-state index in [0.29, 0.717) is 11.9 Å². The molecular weight excluding hydrogens is 260 g/mol. The van der Waals surface area contributed by atoms with Crippen molar-refractivity contribution in [1.82, 2.24) is 10.2 Å². The Balaban J connectivity index is 1.89. The summed E-state index contributed by atoms with van der Waals surface area (Å²) in [7, 11) is 0. The minimum atomic E-state index is 0.00103. The van der Waals surface area contributed by atoms with Gasteiger partial charge in [0, 0.05) is 6.04 Å². The summed E-state index contributed by atoms with van der Waals surface area (Å²) in [6.07, 6.45) is 6.88. The van der Waals surface area contributed by atoms with E-state index in [1.807, 2.05) is 0 Å². The lowest BCUT2D eigenvalue weighted by Crippen LogP contribution is -2.38. The average Bonchev–Trinajstić information content (AvgIpc) is 3.08. The Morgan fingerprint density at radius 2 is 2.05 bits per heavy atom. The maximum absolute atomic E-state index is 12.8. The van der Waals surface area contributed by atoms with Crippen LogP contribution in [0.15, 0.2) is 24.3 Å². The van der Waals surface area contributed by atoms with Gasteiger partial charge in [-0.25, -0.2) is 0 Å². The van der Waals surface area contributed by atoms with Crippen LogP contribution in [-0.4, -0.2) is 22.9 Å². The van der Waals surface area contributed by atoms with Crippen LogP contribution in [0.25, 0.3) is 0 Å². The van der Waals surface area contributed by atoms with E-state index < -0.39 is 0 Å². The van der Waals surface area contributed by atoms with Crippen LogP contribution in [0, 0.1) is 6.92 Å². The molecule has 1 aromatic carbocycles. The van der Waals surface area contributed by atoms with Gasteiger partial charge in [0.2, 0.25) is 5.91 Å². The molecule has 1 saturated heterocycles. The van der Waals surface area contributed by atoms with Gasteiger partial charge in [0.05, 0.1) is 6.04 Å². The van der Waals surface area contributed by atoms with Crippen molar-refractivity contribution in [2.24, 2.45) is 0 Å². The van der Waals surface area contributed by atoms with Gasteiger partial charge >= 0.3 is 0 Å². The maximum atomic E-state index is 12.8. The Kier molecular flexibility index (Phi) is 4.29. The number of nitrogens with zero attached hydrogens (tertiary/aromatic N) is 1. The predicted octanol–water partition coefficient (Wildman–Crippen LogP) is 3.54. The van der Waals surface area contributed by atoms with Gasteiger partial charge < -0.3 is 4.90 Å². The van der Waals surface area contributed by atoms with Crippen LogP contribution in [0.3, 0.4) is 0 Å². The number of benzene rings is 1. The summed E-state index contributed by atoms with van der Waals surface area (Å²) in [5.41, 5.74) is 2.49. The molecule has 1 amide bonds. The molecule has 1 saturated carbocycles. The van der Waals surface area contributed by atoms with E-state index >= 15 is 0 Å². The van der Waals surface area contributed by atoms with Crippen LogP contribution in [0.1, 0.15) is 62.7 Å². The molecule has 21 heavy (non-hydrogen) atoms. The molecule has 0 aromatic heterocycles. The van der Waals surface area contributed by atoms with Gasteiger partial charge in [0.15, 0.2) is 0 Å². The molecule has 114 valence electrons. The maximum Gasteiger partial charge on any atom is 0.241 e. The highest BCUT2D eigenvalue weighted by molar-refractivity contribution is 5.85. The fourth-order valence-corrected chi connectivity index (χ4v) is 3.82. The summed E-state index contributed by atoms with van der Waals surface area (Å²) < 4.78 is 0. The molecule has 0 spiro atoms. The number of hydrogen-bond donors (Lipinski definition) is 1. The van der Waals surface area contributed by atoms with Crippen molar-refractivity contribution in [2.45, 2.75) is 70.6 Å². The number of nitrogens with one attached hydrogen (secondary N) is 1. The molecule has 3 nitrogen and oxygen atoms in total. The zero-order chi connectivity index (χ0) is 14.8. The van der Waals surface area contributed by atoms with Crippen molar-refractivity contribution in [3.63, 3.8) is 0 Å². The van der Waals surface area contributed by atoms with E-state index in [0.717, 1.165) is 25.7 Å². The van der Waals surface area contributed by atoms with Gasteiger partial charge in [-0.2, -0.15) is 0 Å². The number of rotatable bonds is 4. The van der Waals surface area contributed by atoms with E-state index in [-0.39, 0.29) is 12.2 Å². The molecule has 2 atom stereocenters. The third-order valence-electron chi connectivity index (χ3n) is 4.84. The predicted molar refractivity (Wildman–Crippen MR) is 84.9 cm³/mol. The van der Waals surface area contributed by atoms with Crippen molar-refractivity contribution < 1.29 is 4.79 Å². The van der Waals surface area contributed by atoms with Gasteiger partial charge in [-0.15, -0.1) is 0 Å². The quantitative estimate of drug-likeness (QED) is 0.918. The first-order valence-corrected chi connectivity index (χ1v) is 8.35. The molecule has 1 aliphatic carbocycles. The van der Waals surface area contributed by atoms with Crippen molar-refractivity contribution >= 4 is 5.91 Å². The monoisotopic (exact) mass is 286 g/mol. The molecule has 0 bridgehead atoms. The molecule has 2 unspecified atom stereocenters. The number of hydrogen-bond acceptors (Lipinski definition) is 2. The van der Waals surface area contributed by atoms with Crippen LogP contribution in [0.2, 0.25) is 0 Å². The van der Waals surface area contributed by atoms with Crippen LogP contribution < -0.4 is 5.32 Å². The van der Waals surface area contributed by atoms with E-state index in [1.165, 1.54) is 24.0 Å². The van der Waals surface area contributed by atoms with Gasteiger partial charge in [0.25, 0.3) is 0 Å². The third-order valence-corrected chi connectivity index (χ3v) is 4.84. The van der Waals surface area contributed by atoms with Crippen LogP contribution >= 0.6 is 0 Å². The highest BCUT2D eigenvalue weighted by atomic mass is 16.2. The summed E-state index contributed by atoms with van der Waals surface area (Å²) in [6, 6.07) is 8.99. The van der Waals surface area contributed by atoms with Gasteiger partial charge in [-0.1, -0.05) is 56.0 Å². The van der Waals surface area contributed by atoms with E-state index in [9.17, 15) is 4.79 Å². The topological polar surface area (TPSA) is 32.3 Å². The Morgan fingerprint density at radius 3 is 2.71 bits per heavy atom. The summed E-state index contributed by atoms with van der Waals surface area (Å²) in [5.74, 6) is 0.315. The fourth-order valence-electron chi connectivity index (χ4n) is 3.82. The largest absolute Gasteiger partial charge is 0.319 e. The highest BCUT2D eigenvalue weighted by Gasteiger charge is 2.43. The van der Waals surface area contributed by atoms with Crippen LogP contribution in [0.5, 0.6) is 0 Å².